The van der Waals surface area contributed by atoms with Crippen LogP contribution in [0.25, 0.3) is 0 Å². The molecule has 3 rings (SSSR count). The normalized spacial score (nSPS) is 22.4. The summed E-state index contributed by atoms with van der Waals surface area (Å²) in [5.41, 5.74) is 2.91. The van der Waals surface area contributed by atoms with Crippen molar-refractivity contribution >= 4 is 11.9 Å². The van der Waals surface area contributed by atoms with E-state index in [1.54, 1.807) is 5.56 Å². The van der Waals surface area contributed by atoms with Crippen LogP contribution in [0.15, 0.2) is 30.5 Å². The number of carboxylic acids is 2. The molecule has 6 heteroatoms. The van der Waals surface area contributed by atoms with Crippen LogP contribution < -0.4 is 0 Å². The molecule has 0 aromatic carbocycles. The van der Waals surface area contributed by atoms with E-state index in [0.29, 0.717) is 12.2 Å². The van der Waals surface area contributed by atoms with Crippen LogP contribution in [-0.2, 0) is 16.0 Å². The zero-order valence-corrected chi connectivity index (χ0v) is 14.6. The standard InChI is InChI=1S/C15H22N2.C4H4O4/c1-2-10-17-11-4-6-13-12-5-3-9-16-14(12)7-8-15(13)17;5-3(6)1-2-4(7)8/h3,5,9,13,15H,2,4,6-8,10-11H2,1H3;1-2H,(H,5,6)(H,7,8)/b;2-1-/t13-,15+;/m1./s1. The highest BCUT2D eigenvalue weighted by molar-refractivity contribution is 5.89. The Bertz CT molecular complexity index is 612. The molecule has 1 saturated heterocycles. The average molecular weight is 346 g/mol. The Kier molecular flexibility index (Phi) is 7.13. The van der Waals surface area contributed by atoms with Gasteiger partial charge < -0.3 is 10.2 Å². The highest BCUT2D eigenvalue weighted by atomic mass is 16.4. The highest BCUT2D eigenvalue weighted by Crippen LogP contribution is 2.39. The summed E-state index contributed by atoms with van der Waals surface area (Å²) >= 11 is 0. The van der Waals surface area contributed by atoms with Crippen molar-refractivity contribution in [3.63, 3.8) is 0 Å². The van der Waals surface area contributed by atoms with Crippen LogP contribution in [0, 0.1) is 0 Å². The molecule has 0 spiro atoms. The van der Waals surface area contributed by atoms with Crippen LogP contribution in [0.2, 0.25) is 0 Å². The van der Waals surface area contributed by atoms with Crippen LogP contribution in [0.1, 0.15) is 49.8 Å². The van der Waals surface area contributed by atoms with E-state index in [-0.39, 0.29) is 0 Å². The summed E-state index contributed by atoms with van der Waals surface area (Å²) in [6.07, 6.45) is 9.56. The highest BCUT2D eigenvalue weighted by Gasteiger charge is 2.35. The predicted octanol–water partition coefficient (Wildman–Crippen LogP) is 2.70. The summed E-state index contributed by atoms with van der Waals surface area (Å²) in [6.45, 7) is 4.88. The van der Waals surface area contributed by atoms with E-state index < -0.39 is 11.9 Å². The summed E-state index contributed by atoms with van der Waals surface area (Å²) in [5, 5.41) is 15.6. The number of carbonyl (C=O) groups is 2. The summed E-state index contributed by atoms with van der Waals surface area (Å²) in [7, 11) is 0. The van der Waals surface area contributed by atoms with Crippen LogP contribution in [0.5, 0.6) is 0 Å². The second kappa shape index (κ2) is 9.32. The lowest BCUT2D eigenvalue weighted by atomic mass is 9.76. The van der Waals surface area contributed by atoms with Crippen LogP contribution in [0.3, 0.4) is 0 Å². The smallest absolute Gasteiger partial charge is 0.328 e. The summed E-state index contributed by atoms with van der Waals surface area (Å²) in [5.74, 6) is -1.76. The van der Waals surface area contributed by atoms with Gasteiger partial charge >= 0.3 is 11.9 Å². The van der Waals surface area contributed by atoms with Crippen molar-refractivity contribution < 1.29 is 19.8 Å². The second-order valence-corrected chi connectivity index (χ2v) is 6.44. The molecule has 1 fully saturated rings. The molecule has 0 radical (unpaired) electrons. The zero-order valence-electron chi connectivity index (χ0n) is 14.6. The minimum atomic E-state index is -1.26. The Morgan fingerprint density at radius 3 is 2.64 bits per heavy atom. The number of aliphatic carboxylic acids is 2. The van der Waals surface area contributed by atoms with Gasteiger partial charge in [-0.2, -0.15) is 0 Å². The second-order valence-electron chi connectivity index (χ2n) is 6.44. The fraction of sp³-hybridized carbons (Fsp3) is 0.526. The van der Waals surface area contributed by atoms with Gasteiger partial charge in [-0.05, 0) is 56.8 Å². The van der Waals surface area contributed by atoms with E-state index in [1.807, 2.05) is 6.20 Å². The Labute approximate surface area is 148 Å². The first-order chi connectivity index (χ1) is 12.0. The lowest BCUT2D eigenvalue weighted by Gasteiger charge is -2.44. The third-order valence-corrected chi connectivity index (χ3v) is 4.78. The largest absolute Gasteiger partial charge is 0.478 e. The molecule has 2 N–H and O–H groups in total. The lowest BCUT2D eigenvalue weighted by Crippen LogP contribution is -2.46. The number of pyridine rings is 1. The molecule has 0 bridgehead atoms. The minimum absolute atomic E-state index is 0.558. The molecular formula is C19H26N2O4. The SMILES string of the molecule is CCCN1CCC[C@@H]2c3cccnc3CC[C@@H]21.O=C(O)/C=C\C(=O)O. The van der Waals surface area contributed by atoms with Gasteiger partial charge in [0.1, 0.15) is 0 Å². The topological polar surface area (TPSA) is 90.7 Å². The number of nitrogens with zero attached hydrogens (tertiary/aromatic N) is 2. The molecule has 1 aliphatic heterocycles. The Balaban J connectivity index is 0.000000242. The van der Waals surface area contributed by atoms with Gasteiger partial charge in [-0.15, -0.1) is 0 Å². The number of hydrogen-bond acceptors (Lipinski definition) is 4. The van der Waals surface area contributed by atoms with Gasteiger partial charge in [-0.1, -0.05) is 13.0 Å². The molecule has 6 nitrogen and oxygen atoms in total. The molecule has 2 heterocycles. The van der Waals surface area contributed by atoms with Crippen molar-refractivity contribution in [3.05, 3.63) is 41.7 Å². The van der Waals surface area contributed by atoms with Crippen LogP contribution in [0.4, 0.5) is 0 Å². The number of aryl methyl sites for hydroxylation is 1. The zero-order chi connectivity index (χ0) is 18.2. The van der Waals surface area contributed by atoms with Crippen molar-refractivity contribution in [1.82, 2.24) is 9.88 Å². The monoisotopic (exact) mass is 346 g/mol. The van der Waals surface area contributed by atoms with Gasteiger partial charge in [0.25, 0.3) is 0 Å². The maximum absolute atomic E-state index is 9.55. The van der Waals surface area contributed by atoms with E-state index in [9.17, 15) is 9.59 Å². The Morgan fingerprint density at radius 1 is 1.28 bits per heavy atom. The van der Waals surface area contributed by atoms with Gasteiger partial charge in [-0.25, -0.2) is 9.59 Å². The molecule has 1 aromatic heterocycles. The first kappa shape index (κ1) is 19.1. The van der Waals surface area contributed by atoms with Gasteiger partial charge in [0.15, 0.2) is 0 Å². The van der Waals surface area contributed by atoms with Crippen molar-refractivity contribution in [2.75, 3.05) is 13.1 Å². The molecule has 136 valence electrons. The number of fused-ring (bicyclic) bond motifs is 3. The van der Waals surface area contributed by atoms with Crippen molar-refractivity contribution in [2.24, 2.45) is 0 Å². The van der Waals surface area contributed by atoms with Crippen LogP contribution in [-0.4, -0.2) is 51.2 Å². The summed E-state index contributed by atoms with van der Waals surface area (Å²) in [6, 6.07) is 5.22. The molecule has 1 aromatic rings. The molecule has 1 aliphatic carbocycles. The number of rotatable bonds is 4. The van der Waals surface area contributed by atoms with Crippen molar-refractivity contribution in [2.45, 2.75) is 51.0 Å². The number of carboxylic acid groups (broad SMARTS) is 2. The van der Waals surface area contributed by atoms with Gasteiger partial charge in [0.05, 0.1) is 0 Å². The third-order valence-electron chi connectivity index (χ3n) is 4.78. The predicted molar refractivity (Wildman–Crippen MR) is 94.6 cm³/mol. The summed E-state index contributed by atoms with van der Waals surface area (Å²) < 4.78 is 0. The Hall–Kier alpha value is -2.21. The van der Waals surface area contributed by atoms with Crippen LogP contribution >= 0.6 is 0 Å². The number of likely N-dealkylation sites (tertiary alicyclic amines) is 1. The fourth-order valence-corrected chi connectivity index (χ4v) is 3.86. The molecule has 2 atom stereocenters. The van der Waals surface area contributed by atoms with E-state index in [0.717, 1.165) is 12.0 Å². The van der Waals surface area contributed by atoms with Crippen molar-refractivity contribution in [3.8, 4) is 0 Å². The maximum atomic E-state index is 9.55. The van der Waals surface area contributed by atoms with Gasteiger partial charge in [0, 0.05) is 36.0 Å². The number of aromatic nitrogens is 1. The molecule has 2 aliphatic rings. The molecular weight excluding hydrogens is 320 g/mol. The quantitative estimate of drug-likeness (QED) is 0.815. The molecule has 0 amide bonds. The van der Waals surface area contributed by atoms with E-state index in [1.165, 1.54) is 50.9 Å². The maximum Gasteiger partial charge on any atom is 0.328 e. The van der Waals surface area contributed by atoms with Gasteiger partial charge in [0.2, 0.25) is 0 Å². The molecule has 0 unspecified atom stereocenters. The average Bonchev–Trinajstić information content (AvgIpc) is 2.61. The third kappa shape index (κ3) is 5.39. The Morgan fingerprint density at radius 2 is 2.00 bits per heavy atom. The van der Waals surface area contributed by atoms with Gasteiger partial charge in [-0.3, -0.25) is 9.88 Å². The number of piperidine rings is 1. The molecule has 0 saturated carbocycles. The van der Waals surface area contributed by atoms with Crippen molar-refractivity contribution in [1.29, 1.82) is 0 Å². The summed E-state index contributed by atoms with van der Waals surface area (Å²) in [4.78, 5) is 26.4. The minimum Gasteiger partial charge on any atom is -0.478 e. The fourth-order valence-electron chi connectivity index (χ4n) is 3.86. The first-order valence-corrected chi connectivity index (χ1v) is 8.84. The van der Waals surface area contributed by atoms with E-state index in [4.69, 9.17) is 10.2 Å². The number of hydrogen-bond donors (Lipinski definition) is 2. The van der Waals surface area contributed by atoms with E-state index in [2.05, 4.69) is 28.9 Å². The lowest BCUT2D eigenvalue weighted by molar-refractivity contribution is -0.134. The molecule has 25 heavy (non-hydrogen) atoms. The van der Waals surface area contributed by atoms with E-state index >= 15 is 0 Å². The first-order valence-electron chi connectivity index (χ1n) is 8.84.